The zero-order valence-corrected chi connectivity index (χ0v) is 9.33. The monoisotopic (exact) mass is 211 g/mol. The third kappa shape index (κ3) is 2.93. The quantitative estimate of drug-likeness (QED) is 0.809. The van der Waals surface area contributed by atoms with Crippen LogP contribution in [0.4, 0.5) is 10.1 Å². The number of unbranched alkanes of at least 4 members (excludes halogenated alkanes) is 1. The summed E-state index contributed by atoms with van der Waals surface area (Å²) >= 11 is 0. The number of benzene rings is 1. The Morgan fingerprint density at radius 2 is 2.13 bits per heavy atom. The van der Waals surface area contributed by atoms with Gasteiger partial charge in [0.05, 0.1) is 12.3 Å². The van der Waals surface area contributed by atoms with E-state index in [1.54, 1.807) is 12.1 Å². The molecular weight excluding hydrogens is 193 g/mol. The van der Waals surface area contributed by atoms with Crippen molar-refractivity contribution in [2.24, 2.45) is 0 Å². The molecule has 0 fully saturated rings. The number of aliphatic hydroxyl groups excluding tert-OH is 1. The van der Waals surface area contributed by atoms with E-state index >= 15 is 0 Å². The SMILES string of the molecule is CCCCN(C)c1c(F)cccc1CO. The molecule has 0 saturated carbocycles. The van der Waals surface area contributed by atoms with E-state index in [2.05, 4.69) is 6.92 Å². The van der Waals surface area contributed by atoms with Crippen molar-refractivity contribution in [3.63, 3.8) is 0 Å². The van der Waals surface area contributed by atoms with Gasteiger partial charge in [-0.25, -0.2) is 4.39 Å². The van der Waals surface area contributed by atoms with Crippen LogP contribution in [0, 0.1) is 5.82 Å². The van der Waals surface area contributed by atoms with Gasteiger partial charge in [0.2, 0.25) is 0 Å². The molecule has 0 aromatic heterocycles. The molecule has 0 unspecified atom stereocenters. The number of anilines is 1. The minimum absolute atomic E-state index is 0.121. The van der Waals surface area contributed by atoms with Gasteiger partial charge in [0.1, 0.15) is 5.82 Å². The van der Waals surface area contributed by atoms with Crippen LogP contribution in [0.3, 0.4) is 0 Å². The molecule has 0 spiro atoms. The lowest BCUT2D eigenvalue weighted by atomic mass is 10.1. The first-order valence-corrected chi connectivity index (χ1v) is 5.30. The van der Waals surface area contributed by atoms with E-state index in [-0.39, 0.29) is 12.4 Å². The third-order valence-corrected chi connectivity index (χ3v) is 2.47. The van der Waals surface area contributed by atoms with Gasteiger partial charge in [-0.3, -0.25) is 0 Å². The van der Waals surface area contributed by atoms with Crippen molar-refractivity contribution >= 4 is 5.69 Å². The van der Waals surface area contributed by atoms with E-state index in [1.807, 2.05) is 11.9 Å². The second-order valence-corrected chi connectivity index (χ2v) is 3.68. The molecule has 0 bridgehead atoms. The molecular formula is C12H18FNO. The number of nitrogens with zero attached hydrogens (tertiary/aromatic N) is 1. The molecule has 1 rings (SSSR count). The lowest BCUT2D eigenvalue weighted by Gasteiger charge is -2.22. The fourth-order valence-corrected chi connectivity index (χ4v) is 1.62. The number of halogens is 1. The first-order valence-electron chi connectivity index (χ1n) is 5.30. The maximum atomic E-state index is 13.6. The number of hydrogen-bond acceptors (Lipinski definition) is 2. The van der Waals surface area contributed by atoms with Crippen molar-refractivity contribution in [1.29, 1.82) is 0 Å². The normalized spacial score (nSPS) is 10.4. The zero-order valence-electron chi connectivity index (χ0n) is 9.33. The van der Waals surface area contributed by atoms with Crippen LogP contribution < -0.4 is 4.90 Å². The number of rotatable bonds is 5. The average Bonchev–Trinajstić information content (AvgIpc) is 2.25. The van der Waals surface area contributed by atoms with Gasteiger partial charge in [0.15, 0.2) is 0 Å². The van der Waals surface area contributed by atoms with E-state index in [1.165, 1.54) is 6.07 Å². The van der Waals surface area contributed by atoms with E-state index in [9.17, 15) is 4.39 Å². The van der Waals surface area contributed by atoms with Crippen LogP contribution in [0.1, 0.15) is 25.3 Å². The summed E-state index contributed by atoms with van der Waals surface area (Å²) in [5.41, 5.74) is 1.17. The number of hydrogen-bond donors (Lipinski definition) is 1. The zero-order chi connectivity index (χ0) is 11.3. The number of aliphatic hydroxyl groups is 1. The lowest BCUT2D eigenvalue weighted by Crippen LogP contribution is -2.21. The van der Waals surface area contributed by atoms with Crippen LogP contribution in [0.25, 0.3) is 0 Å². The molecule has 0 saturated heterocycles. The van der Waals surface area contributed by atoms with Gasteiger partial charge in [-0.05, 0) is 12.5 Å². The predicted octanol–water partition coefficient (Wildman–Crippen LogP) is 2.55. The Morgan fingerprint density at radius 1 is 1.40 bits per heavy atom. The highest BCUT2D eigenvalue weighted by Crippen LogP contribution is 2.23. The van der Waals surface area contributed by atoms with Gasteiger partial charge in [0.25, 0.3) is 0 Å². The summed E-state index contributed by atoms with van der Waals surface area (Å²) in [5.74, 6) is -0.264. The standard InChI is InChI=1S/C12H18FNO/c1-3-4-8-14(2)12-10(9-15)6-5-7-11(12)13/h5-7,15H,3-4,8-9H2,1-2H3. The van der Waals surface area contributed by atoms with Crippen LogP contribution in [0.5, 0.6) is 0 Å². The summed E-state index contributed by atoms with van der Waals surface area (Å²) < 4.78 is 13.6. The Balaban J connectivity index is 2.90. The molecule has 0 amide bonds. The predicted molar refractivity (Wildman–Crippen MR) is 60.5 cm³/mol. The van der Waals surface area contributed by atoms with Crippen molar-refractivity contribution in [3.8, 4) is 0 Å². The van der Waals surface area contributed by atoms with Crippen LogP contribution >= 0.6 is 0 Å². The van der Waals surface area contributed by atoms with E-state index < -0.39 is 0 Å². The highest BCUT2D eigenvalue weighted by molar-refractivity contribution is 5.54. The van der Waals surface area contributed by atoms with Gasteiger partial charge in [-0.15, -0.1) is 0 Å². The average molecular weight is 211 g/mol. The second kappa shape index (κ2) is 5.71. The van der Waals surface area contributed by atoms with Crippen molar-refractivity contribution in [3.05, 3.63) is 29.6 Å². The van der Waals surface area contributed by atoms with Crippen LogP contribution in [0.15, 0.2) is 18.2 Å². The van der Waals surface area contributed by atoms with Crippen molar-refractivity contribution in [2.45, 2.75) is 26.4 Å². The van der Waals surface area contributed by atoms with Crippen molar-refractivity contribution in [1.82, 2.24) is 0 Å². The largest absolute Gasteiger partial charge is 0.392 e. The van der Waals surface area contributed by atoms with Crippen LogP contribution in [-0.2, 0) is 6.61 Å². The Hall–Kier alpha value is -1.09. The summed E-state index contributed by atoms with van der Waals surface area (Å²) in [6, 6.07) is 4.80. The minimum Gasteiger partial charge on any atom is -0.392 e. The van der Waals surface area contributed by atoms with Gasteiger partial charge >= 0.3 is 0 Å². The van der Waals surface area contributed by atoms with Crippen molar-refractivity contribution in [2.75, 3.05) is 18.5 Å². The summed E-state index contributed by atoms with van der Waals surface area (Å²) in [5, 5.41) is 9.12. The maximum Gasteiger partial charge on any atom is 0.146 e. The molecule has 1 aromatic rings. The Bertz CT molecular complexity index is 314. The smallest absolute Gasteiger partial charge is 0.146 e. The summed E-state index contributed by atoms with van der Waals surface area (Å²) in [4.78, 5) is 1.87. The highest BCUT2D eigenvalue weighted by Gasteiger charge is 2.11. The molecule has 1 aromatic carbocycles. The molecule has 0 heterocycles. The summed E-state index contributed by atoms with van der Waals surface area (Å²) in [6.45, 7) is 2.79. The third-order valence-electron chi connectivity index (χ3n) is 2.47. The lowest BCUT2D eigenvalue weighted by molar-refractivity contribution is 0.281. The van der Waals surface area contributed by atoms with Crippen LogP contribution in [-0.4, -0.2) is 18.7 Å². The van der Waals surface area contributed by atoms with E-state index in [0.717, 1.165) is 19.4 Å². The minimum atomic E-state index is -0.264. The van der Waals surface area contributed by atoms with Gasteiger partial charge < -0.3 is 10.0 Å². The molecule has 84 valence electrons. The van der Waals surface area contributed by atoms with Gasteiger partial charge in [0, 0.05) is 19.2 Å². The summed E-state index contributed by atoms with van der Waals surface area (Å²) in [6.07, 6.45) is 2.10. The second-order valence-electron chi connectivity index (χ2n) is 3.68. The molecule has 0 atom stereocenters. The fourth-order valence-electron chi connectivity index (χ4n) is 1.62. The molecule has 0 aliphatic carbocycles. The van der Waals surface area contributed by atoms with Gasteiger partial charge in [-0.2, -0.15) is 0 Å². The Kier molecular flexibility index (Phi) is 4.56. The summed E-state index contributed by atoms with van der Waals surface area (Å²) in [7, 11) is 1.85. The van der Waals surface area contributed by atoms with Crippen molar-refractivity contribution < 1.29 is 9.50 Å². The highest BCUT2D eigenvalue weighted by atomic mass is 19.1. The first-order chi connectivity index (χ1) is 7.20. The molecule has 1 N–H and O–H groups in total. The molecule has 2 nitrogen and oxygen atoms in total. The molecule has 15 heavy (non-hydrogen) atoms. The van der Waals surface area contributed by atoms with E-state index in [0.29, 0.717) is 11.3 Å². The Morgan fingerprint density at radius 3 is 2.73 bits per heavy atom. The molecule has 0 radical (unpaired) electrons. The Labute approximate surface area is 90.3 Å². The topological polar surface area (TPSA) is 23.5 Å². The van der Waals surface area contributed by atoms with Gasteiger partial charge in [-0.1, -0.05) is 25.5 Å². The molecule has 0 aliphatic heterocycles. The fraction of sp³-hybridized carbons (Fsp3) is 0.500. The van der Waals surface area contributed by atoms with E-state index in [4.69, 9.17) is 5.11 Å². The maximum absolute atomic E-state index is 13.6. The van der Waals surface area contributed by atoms with Crippen LogP contribution in [0.2, 0.25) is 0 Å². The number of para-hydroxylation sites is 1. The first kappa shape index (κ1) is 12.0. The molecule has 3 heteroatoms. The molecule has 0 aliphatic rings.